The predicted octanol–water partition coefficient (Wildman–Crippen LogP) is 3.26. The van der Waals surface area contributed by atoms with Crippen LogP contribution in [0.3, 0.4) is 0 Å². The van der Waals surface area contributed by atoms with E-state index >= 15 is 0 Å². The molecular formula is C14H13N3S. The zero-order chi connectivity index (χ0) is 12.4. The molecule has 0 aliphatic heterocycles. The van der Waals surface area contributed by atoms with E-state index in [1.807, 2.05) is 23.9 Å². The second-order valence-corrected chi connectivity index (χ2v) is 5.19. The van der Waals surface area contributed by atoms with Gasteiger partial charge in [-0.2, -0.15) is 0 Å². The highest BCUT2D eigenvalue weighted by atomic mass is 32.2. The minimum atomic E-state index is 0.930. The van der Waals surface area contributed by atoms with Crippen LogP contribution in [-0.2, 0) is 12.8 Å². The van der Waals surface area contributed by atoms with Crippen molar-refractivity contribution in [2.24, 2.45) is 7.05 Å². The summed E-state index contributed by atoms with van der Waals surface area (Å²) in [7, 11) is 1.96. The molecule has 3 rings (SSSR count). The van der Waals surface area contributed by atoms with Crippen LogP contribution in [0.25, 0.3) is 11.2 Å². The van der Waals surface area contributed by atoms with E-state index in [-0.39, 0.29) is 0 Å². The summed E-state index contributed by atoms with van der Waals surface area (Å²) in [6.07, 6.45) is 3.71. The smallest absolute Gasteiger partial charge is 0.159 e. The first-order valence-electron chi connectivity index (χ1n) is 5.77. The van der Waals surface area contributed by atoms with Crippen LogP contribution in [0.2, 0.25) is 0 Å². The van der Waals surface area contributed by atoms with Gasteiger partial charge in [0.15, 0.2) is 5.65 Å². The first-order valence-corrected chi connectivity index (χ1v) is 6.75. The van der Waals surface area contributed by atoms with Gasteiger partial charge in [0.2, 0.25) is 0 Å². The van der Waals surface area contributed by atoms with E-state index in [4.69, 9.17) is 0 Å². The third kappa shape index (κ3) is 2.24. The summed E-state index contributed by atoms with van der Waals surface area (Å²) in [6.45, 7) is 0. The van der Waals surface area contributed by atoms with Crippen molar-refractivity contribution in [3.05, 3.63) is 54.5 Å². The fraction of sp³-hybridized carbons (Fsp3) is 0.143. The monoisotopic (exact) mass is 255 g/mol. The van der Waals surface area contributed by atoms with E-state index in [0.29, 0.717) is 0 Å². The van der Waals surface area contributed by atoms with Crippen molar-refractivity contribution >= 4 is 22.9 Å². The summed E-state index contributed by atoms with van der Waals surface area (Å²) in [5.74, 6) is 0.959. The Bertz CT molecular complexity index is 661. The Kier molecular flexibility index (Phi) is 3.02. The van der Waals surface area contributed by atoms with E-state index < -0.39 is 0 Å². The summed E-state index contributed by atoms with van der Waals surface area (Å²) in [4.78, 5) is 9.91. The van der Waals surface area contributed by atoms with Crippen molar-refractivity contribution in [1.29, 1.82) is 0 Å². The lowest BCUT2D eigenvalue weighted by atomic mass is 10.2. The minimum absolute atomic E-state index is 0.930. The van der Waals surface area contributed by atoms with Crippen molar-refractivity contribution in [3.63, 3.8) is 0 Å². The predicted molar refractivity (Wildman–Crippen MR) is 74.5 cm³/mol. The lowest BCUT2D eigenvalue weighted by Crippen LogP contribution is -1.87. The Morgan fingerprint density at radius 3 is 2.83 bits per heavy atom. The summed E-state index contributed by atoms with van der Waals surface area (Å²) in [5, 5.41) is 0. The lowest BCUT2D eigenvalue weighted by molar-refractivity contribution is 0.929. The number of imidazole rings is 1. The topological polar surface area (TPSA) is 30.7 Å². The minimum Gasteiger partial charge on any atom is -0.318 e. The zero-order valence-electron chi connectivity index (χ0n) is 10.1. The fourth-order valence-electron chi connectivity index (χ4n) is 1.82. The van der Waals surface area contributed by atoms with Gasteiger partial charge in [0, 0.05) is 23.9 Å². The molecule has 3 aromatic rings. The van der Waals surface area contributed by atoms with Gasteiger partial charge in [0.05, 0.1) is 6.33 Å². The summed E-state index contributed by atoms with van der Waals surface area (Å²) >= 11 is 1.79. The van der Waals surface area contributed by atoms with E-state index in [1.165, 1.54) is 5.56 Å². The van der Waals surface area contributed by atoms with Crippen molar-refractivity contribution < 1.29 is 0 Å². The molecule has 0 aliphatic carbocycles. The molecule has 90 valence electrons. The van der Waals surface area contributed by atoms with Gasteiger partial charge in [0.25, 0.3) is 0 Å². The Morgan fingerprint density at radius 2 is 2.00 bits per heavy atom. The summed E-state index contributed by atoms with van der Waals surface area (Å²) in [6, 6.07) is 12.5. The SMILES string of the molecule is Cn1cnc2cc(SCc3ccccc3)cnc21. The van der Waals surface area contributed by atoms with Crippen LogP contribution in [0.1, 0.15) is 5.56 Å². The van der Waals surface area contributed by atoms with Gasteiger partial charge in [-0.15, -0.1) is 11.8 Å². The van der Waals surface area contributed by atoms with Crippen molar-refractivity contribution in [3.8, 4) is 0 Å². The molecule has 1 aromatic carbocycles. The normalized spacial score (nSPS) is 10.9. The average molecular weight is 255 g/mol. The van der Waals surface area contributed by atoms with Gasteiger partial charge in [0.1, 0.15) is 5.52 Å². The number of thioether (sulfide) groups is 1. The molecule has 3 nitrogen and oxygen atoms in total. The van der Waals surface area contributed by atoms with E-state index in [2.05, 4.69) is 40.3 Å². The van der Waals surface area contributed by atoms with Crippen LogP contribution in [0.5, 0.6) is 0 Å². The summed E-state index contributed by atoms with van der Waals surface area (Å²) < 4.78 is 1.93. The highest BCUT2D eigenvalue weighted by Gasteiger charge is 2.03. The molecule has 2 heterocycles. The largest absolute Gasteiger partial charge is 0.318 e. The van der Waals surface area contributed by atoms with Crippen LogP contribution < -0.4 is 0 Å². The van der Waals surface area contributed by atoms with E-state index in [9.17, 15) is 0 Å². The number of fused-ring (bicyclic) bond motifs is 1. The van der Waals surface area contributed by atoms with Gasteiger partial charge in [-0.3, -0.25) is 0 Å². The number of hydrogen-bond acceptors (Lipinski definition) is 3. The van der Waals surface area contributed by atoms with Crippen LogP contribution in [-0.4, -0.2) is 14.5 Å². The van der Waals surface area contributed by atoms with Crippen LogP contribution in [0.4, 0.5) is 0 Å². The third-order valence-electron chi connectivity index (χ3n) is 2.77. The van der Waals surface area contributed by atoms with Crippen molar-refractivity contribution in [1.82, 2.24) is 14.5 Å². The molecule has 0 radical (unpaired) electrons. The molecule has 0 saturated carbocycles. The van der Waals surface area contributed by atoms with E-state index in [0.717, 1.165) is 21.8 Å². The van der Waals surface area contributed by atoms with Gasteiger partial charge in [-0.1, -0.05) is 30.3 Å². The van der Waals surface area contributed by atoms with E-state index in [1.54, 1.807) is 18.1 Å². The van der Waals surface area contributed by atoms with Gasteiger partial charge in [-0.05, 0) is 11.6 Å². The highest BCUT2D eigenvalue weighted by molar-refractivity contribution is 7.98. The molecule has 2 aromatic heterocycles. The molecule has 0 saturated heterocycles. The lowest BCUT2D eigenvalue weighted by Gasteiger charge is -2.01. The number of rotatable bonds is 3. The quantitative estimate of drug-likeness (QED) is 0.673. The van der Waals surface area contributed by atoms with Crippen molar-refractivity contribution in [2.45, 2.75) is 10.6 Å². The standard InChI is InChI=1S/C14H13N3S/c1-17-10-16-13-7-12(8-15-14(13)17)18-9-11-5-3-2-4-6-11/h2-8,10H,9H2,1H3. The van der Waals surface area contributed by atoms with Crippen LogP contribution in [0, 0.1) is 0 Å². The first kappa shape index (κ1) is 11.3. The van der Waals surface area contributed by atoms with Crippen molar-refractivity contribution in [2.75, 3.05) is 0 Å². The van der Waals surface area contributed by atoms with Gasteiger partial charge in [-0.25, -0.2) is 9.97 Å². The maximum absolute atomic E-state index is 4.43. The number of aromatic nitrogens is 3. The molecule has 0 aliphatic rings. The fourth-order valence-corrected chi connectivity index (χ4v) is 2.67. The molecule has 0 fully saturated rings. The number of aryl methyl sites for hydroxylation is 1. The summed E-state index contributed by atoms with van der Waals surface area (Å²) in [5.41, 5.74) is 3.21. The Balaban J connectivity index is 1.79. The molecule has 0 spiro atoms. The second kappa shape index (κ2) is 4.82. The maximum atomic E-state index is 4.43. The second-order valence-electron chi connectivity index (χ2n) is 4.14. The Morgan fingerprint density at radius 1 is 1.17 bits per heavy atom. The number of nitrogens with zero attached hydrogens (tertiary/aromatic N) is 3. The number of pyridine rings is 1. The zero-order valence-corrected chi connectivity index (χ0v) is 10.9. The first-order chi connectivity index (χ1) is 8.83. The molecule has 4 heteroatoms. The third-order valence-corrected chi connectivity index (χ3v) is 3.81. The maximum Gasteiger partial charge on any atom is 0.159 e. The molecular weight excluding hydrogens is 242 g/mol. The molecule has 0 bridgehead atoms. The number of hydrogen-bond donors (Lipinski definition) is 0. The molecule has 0 N–H and O–H groups in total. The Labute approximate surface area is 110 Å². The highest BCUT2D eigenvalue weighted by Crippen LogP contribution is 2.24. The molecule has 18 heavy (non-hydrogen) atoms. The number of benzene rings is 1. The van der Waals surface area contributed by atoms with Crippen LogP contribution in [0.15, 0.2) is 53.8 Å². The molecule has 0 unspecified atom stereocenters. The molecule has 0 amide bonds. The van der Waals surface area contributed by atoms with Gasteiger partial charge < -0.3 is 4.57 Å². The van der Waals surface area contributed by atoms with Crippen LogP contribution >= 0.6 is 11.8 Å². The average Bonchev–Trinajstić information content (AvgIpc) is 2.79. The molecule has 0 atom stereocenters. The Hall–Kier alpha value is -1.81. The van der Waals surface area contributed by atoms with Gasteiger partial charge >= 0.3 is 0 Å².